The van der Waals surface area contributed by atoms with Gasteiger partial charge in [0.05, 0.1) is 0 Å². The highest BCUT2D eigenvalue weighted by Crippen LogP contribution is 2.41. The zero-order chi connectivity index (χ0) is 29.1. The molecule has 4 unspecified atom stereocenters. The quantitative estimate of drug-likeness (QED) is 0.0805. The average Bonchev–Trinajstić information content (AvgIpc) is 3.58. The van der Waals surface area contributed by atoms with Crippen molar-refractivity contribution in [1.82, 2.24) is 39.8 Å². The molecular weight excluding hydrogens is 590 g/mol. The Labute approximate surface area is 237 Å². The molecule has 0 aromatic carbocycles. The highest BCUT2D eigenvalue weighted by atomic mass is 32.2. The molecule has 40 heavy (non-hydrogen) atoms. The van der Waals surface area contributed by atoms with E-state index in [4.69, 9.17) is 21.4 Å². The first kappa shape index (κ1) is 29.2. The van der Waals surface area contributed by atoms with Gasteiger partial charge in [0.25, 0.3) is 11.8 Å². The number of carboxylic acid groups (broad SMARTS) is 2. The third-order valence-electron chi connectivity index (χ3n) is 5.63. The van der Waals surface area contributed by atoms with Gasteiger partial charge in [-0.2, -0.15) is 9.36 Å². The Hall–Kier alpha value is -3.82. The number of hydrogen-bond acceptors (Lipinski definition) is 16. The molecule has 2 aromatic rings. The topological polar surface area (TPSA) is 267 Å². The lowest BCUT2D eigenvalue weighted by Crippen LogP contribution is -2.71. The highest BCUT2D eigenvalue weighted by Gasteiger charge is 2.54. The summed E-state index contributed by atoms with van der Waals surface area (Å²) in [6, 6.07) is -1.10. The van der Waals surface area contributed by atoms with Crippen molar-refractivity contribution in [3.05, 3.63) is 17.1 Å². The van der Waals surface area contributed by atoms with E-state index >= 15 is 0 Å². The Bertz CT molecular complexity index is 1390. The summed E-state index contributed by atoms with van der Waals surface area (Å²) in [5.74, 6) is -4.02. The van der Waals surface area contributed by atoms with Crippen molar-refractivity contribution < 1.29 is 34.2 Å². The Morgan fingerprint density at radius 3 is 2.73 bits per heavy atom. The van der Waals surface area contributed by atoms with Crippen LogP contribution in [0.4, 0.5) is 5.13 Å². The number of fused-ring (bicyclic) bond motifs is 1. The number of carboxylic acids is 2. The SMILES string of the molecule is CCC(N)n1nnnc1SCC1=C(C(=O)O)N2C(=O)C(NC(=O)/C(=N/OC(C)C(=O)O)c3nsc(N)n3)C2SC1. The standard InChI is InChI=1S/C19H23N11O7S3/c1-3-8(20)30-19(24-27-28-30)39-5-7-4-38-15-10(14(32)29(15)11(7)17(35)36)22-13(31)9(12-23-18(21)40-26-12)25-37-6(2)16(33)34/h6,8,10,15H,3-5,20H2,1-2H3,(H,22,31)(H,33,34)(H,35,36)(H2,21,23,26)/b25-9+. The average molecular weight is 614 g/mol. The summed E-state index contributed by atoms with van der Waals surface area (Å²) in [5, 5.41) is 36.2. The van der Waals surface area contributed by atoms with E-state index in [9.17, 15) is 24.3 Å². The van der Waals surface area contributed by atoms with E-state index in [1.165, 1.54) is 35.1 Å². The first-order chi connectivity index (χ1) is 19.0. The third-order valence-corrected chi connectivity index (χ3v) is 8.53. The van der Waals surface area contributed by atoms with Gasteiger partial charge < -0.3 is 31.8 Å². The van der Waals surface area contributed by atoms with Gasteiger partial charge in [-0.15, -0.1) is 16.9 Å². The molecule has 2 aromatic heterocycles. The van der Waals surface area contributed by atoms with E-state index in [2.05, 4.69) is 35.4 Å². The van der Waals surface area contributed by atoms with Crippen LogP contribution in [-0.4, -0.2) is 103 Å². The van der Waals surface area contributed by atoms with Crippen LogP contribution in [0.5, 0.6) is 0 Å². The smallest absolute Gasteiger partial charge is 0.352 e. The molecule has 2 aliphatic rings. The number of tetrazole rings is 1. The summed E-state index contributed by atoms with van der Waals surface area (Å²) in [6.45, 7) is 3.07. The van der Waals surface area contributed by atoms with Gasteiger partial charge in [-0.1, -0.05) is 23.8 Å². The summed E-state index contributed by atoms with van der Waals surface area (Å²) < 4.78 is 5.34. The fourth-order valence-corrected chi connectivity index (χ4v) is 6.36. The molecule has 4 atom stereocenters. The fourth-order valence-electron chi connectivity index (χ4n) is 3.51. The maximum Gasteiger partial charge on any atom is 0.352 e. The monoisotopic (exact) mass is 613 g/mol. The molecule has 0 aliphatic carbocycles. The molecular formula is C19H23N11O7S3. The molecule has 2 aliphatic heterocycles. The van der Waals surface area contributed by atoms with Crippen LogP contribution in [-0.2, 0) is 24.0 Å². The molecule has 4 rings (SSSR count). The second kappa shape index (κ2) is 12.1. The van der Waals surface area contributed by atoms with E-state index in [0.717, 1.165) is 16.4 Å². The number of hydrogen-bond donors (Lipinski definition) is 5. The van der Waals surface area contributed by atoms with Gasteiger partial charge >= 0.3 is 11.9 Å². The van der Waals surface area contributed by atoms with Gasteiger partial charge in [0, 0.05) is 23.0 Å². The molecule has 0 bridgehead atoms. The second-order valence-corrected chi connectivity index (χ2v) is 11.1. The Balaban J connectivity index is 1.50. The van der Waals surface area contributed by atoms with Gasteiger partial charge in [0.15, 0.2) is 5.13 Å². The number of thioether (sulfide) groups is 2. The van der Waals surface area contributed by atoms with Crippen LogP contribution in [0.1, 0.15) is 32.3 Å². The zero-order valence-electron chi connectivity index (χ0n) is 20.8. The molecule has 4 heterocycles. The summed E-state index contributed by atoms with van der Waals surface area (Å²) in [7, 11) is 0. The minimum Gasteiger partial charge on any atom is -0.478 e. The van der Waals surface area contributed by atoms with Crippen molar-refractivity contribution in [1.29, 1.82) is 0 Å². The Morgan fingerprint density at radius 2 is 2.10 bits per heavy atom. The molecule has 2 amide bonds. The van der Waals surface area contributed by atoms with Crippen LogP contribution < -0.4 is 16.8 Å². The van der Waals surface area contributed by atoms with Crippen LogP contribution in [0.3, 0.4) is 0 Å². The molecule has 0 radical (unpaired) electrons. The van der Waals surface area contributed by atoms with Gasteiger partial charge in [0.2, 0.25) is 22.8 Å². The predicted molar refractivity (Wildman–Crippen MR) is 141 cm³/mol. The van der Waals surface area contributed by atoms with E-state index < -0.39 is 53.2 Å². The third kappa shape index (κ3) is 5.85. The number of nitrogens with one attached hydrogen (secondary N) is 1. The van der Waals surface area contributed by atoms with E-state index in [-0.39, 0.29) is 28.2 Å². The van der Waals surface area contributed by atoms with E-state index in [1.807, 2.05) is 6.92 Å². The Kier molecular flexibility index (Phi) is 8.85. The molecule has 1 saturated heterocycles. The van der Waals surface area contributed by atoms with Crippen molar-refractivity contribution in [2.45, 2.75) is 49.1 Å². The molecule has 0 spiro atoms. The molecule has 214 valence electrons. The number of nitrogens with two attached hydrogens (primary N) is 2. The molecule has 21 heteroatoms. The number of β-lactam (4-membered cyclic amide) rings is 1. The van der Waals surface area contributed by atoms with Crippen molar-refractivity contribution in [2.24, 2.45) is 10.9 Å². The first-order valence-corrected chi connectivity index (χ1v) is 14.3. The number of rotatable bonds is 12. The number of nitrogen functional groups attached to an aromatic ring is 1. The largest absolute Gasteiger partial charge is 0.478 e. The minimum atomic E-state index is -1.39. The summed E-state index contributed by atoms with van der Waals surface area (Å²) >= 11 is 3.21. The van der Waals surface area contributed by atoms with E-state index in [0.29, 0.717) is 17.2 Å². The zero-order valence-corrected chi connectivity index (χ0v) is 23.3. The number of anilines is 1. The molecule has 18 nitrogen and oxygen atoms in total. The number of aliphatic carboxylic acids is 2. The van der Waals surface area contributed by atoms with Crippen LogP contribution in [0, 0.1) is 0 Å². The van der Waals surface area contributed by atoms with Crippen molar-refractivity contribution >= 4 is 69.7 Å². The van der Waals surface area contributed by atoms with Crippen molar-refractivity contribution in [2.75, 3.05) is 17.2 Å². The number of carbonyl (C=O) groups excluding carboxylic acids is 2. The van der Waals surface area contributed by atoms with Crippen LogP contribution in [0.25, 0.3) is 0 Å². The van der Waals surface area contributed by atoms with Gasteiger partial charge in [-0.25, -0.2) is 14.3 Å². The van der Waals surface area contributed by atoms with Crippen LogP contribution in [0.2, 0.25) is 0 Å². The summed E-state index contributed by atoms with van der Waals surface area (Å²) in [4.78, 5) is 59.2. The van der Waals surface area contributed by atoms with Crippen LogP contribution in [0.15, 0.2) is 21.6 Å². The maximum absolute atomic E-state index is 13.1. The molecule has 0 saturated carbocycles. The number of oxime groups is 1. The summed E-state index contributed by atoms with van der Waals surface area (Å²) in [6.07, 6.45) is -1.26. The number of carbonyl (C=O) groups is 4. The van der Waals surface area contributed by atoms with Crippen molar-refractivity contribution in [3.63, 3.8) is 0 Å². The molecule has 7 N–H and O–H groups in total. The number of nitrogens with zero attached hydrogens (tertiary/aromatic N) is 8. The number of aromatic nitrogens is 6. The normalized spacial score (nSPS) is 20.4. The number of amides is 2. The lowest BCUT2D eigenvalue weighted by Gasteiger charge is -2.49. The second-order valence-electron chi connectivity index (χ2n) is 8.27. The van der Waals surface area contributed by atoms with E-state index in [1.54, 1.807) is 0 Å². The van der Waals surface area contributed by atoms with Crippen molar-refractivity contribution in [3.8, 4) is 0 Å². The minimum absolute atomic E-state index is 0.0165. The van der Waals surface area contributed by atoms with Gasteiger partial charge in [-0.05, 0) is 29.3 Å². The summed E-state index contributed by atoms with van der Waals surface area (Å²) in [5.41, 5.74) is 11.4. The van der Waals surface area contributed by atoms with Gasteiger partial charge in [0.1, 0.15) is 23.3 Å². The lowest BCUT2D eigenvalue weighted by atomic mass is 10.0. The maximum atomic E-state index is 13.1. The first-order valence-electron chi connectivity index (χ1n) is 11.5. The van der Waals surface area contributed by atoms with Crippen LogP contribution >= 0.6 is 35.1 Å². The highest BCUT2D eigenvalue weighted by molar-refractivity contribution is 8.01. The fraction of sp³-hybridized carbons (Fsp3) is 0.474. The Morgan fingerprint density at radius 1 is 1.35 bits per heavy atom. The predicted octanol–water partition coefficient (Wildman–Crippen LogP) is -1.30. The van der Waals surface area contributed by atoms with Gasteiger partial charge in [-0.3, -0.25) is 14.5 Å². The lowest BCUT2D eigenvalue weighted by molar-refractivity contribution is -0.150. The molecule has 1 fully saturated rings.